The summed E-state index contributed by atoms with van der Waals surface area (Å²) in [6.07, 6.45) is 0. The molecule has 0 aliphatic rings. The zero-order valence-corrected chi connectivity index (χ0v) is 12.8. The molecule has 0 saturated heterocycles. The number of hydrogen-bond donors (Lipinski definition) is 1. The van der Waals surface area contributed by atoms with Crippen LogP contribution in [0.5, 0.6) is 0 Å². The van der Waals surface area contributed by atoms with Gasteiger partial charge in [-0.15, -0.1) is 11.3 Å². The molecule has 0 radical (unpaired) electrons. The number of anilines is 1. The summed E-state index contributed by atoms with van der Waals surface area (Å²) >= 11 is 11.4. The summed E-state index contributed by atoms with van der Waals surface area (Å²) in [5, 5.41) is 4.13. The van der Waals surface area contributed by atoms with Crippen molar-refractivity contribution in [2.45, 2.75) is 20.4 Å². The highest BCUT2D eigenvalue weighted by Crippen LogP contribution is 2.31. The smallest absolute Gasteiger partial charge is 0.0593 e. The molecule has 0 amide bonds. The fraction of sp³-hybridized carbons (Fsp3) is 0.231. The summed E-state index contributed by atoms with van der Waals surface area (Å²) in [5.74, 6) is 0. The van der Waals surface area contributed by atoms with E-state index in [-0.39, 0.29) is 0 Å². The normalized spacial score (nSPS) is 10.6. The van der Waals surface area contributed by atoms with Gasteiger partial charge in [-0.25, -0.2) is 0 Å². The van der Waals surface area contributed by atoms with E-state index in [0.717, 1.165) is 21.7 Å². The zero-order valence-electron chi connectivity index (χ0n) is 9.68. The van der Waals surface area contributed by atoms with E-state index in [1.165, 1.54) is 15.3 Å². The molecule has 0 spiro atoms. The van der Waals surface area contributed by atoms with Crippen LogP contribution < -0.4 is 5.32 Å². The van der Waals surface area contributed by atoms with Crippen molar-refractivity contribution >= 4 is 44.6 Å². The number of benzene rings is 1. The Labute approximate surface area is 119 Å². The first-order valence-corrected chi connectivity index (χ1v) is 7.30. The van der Waals surface area contributed by atoms with Crippen LogP contribution in [0.25, 0.3) is 0 Å². The first-order chi connectivity index (χ1) is 8.08. The Morgan fingerprint density at radius 1 is 1.35 bits per heavy atom. The highest BCUT2D eigenvalue weighted by atomic mass is 79.9. The maximum atomic E-state index is 6.05. The average Bonchev–Trinajstić information content (AvgIpc) is 2.60. The fourth-order valence-corrected chi connectivity index (χ4v) is 3.22. The van der Waals surface area contributed by atoms with E-state index in [0.29, 0.717) is 0 Å². The van der Waals surface area contributed by atoms with Gasteiger partial charge in [0, 0.05) is 16.3 Å². The lowest BCUT2D eigenvalue weighted by atomic mass is 10.2. The minimum absolute atomic E-state index is 0.730. The van der Waals surface area contributed by atoms with Crippen molar-refractivity contribution in [1.29, 1.82) is 0 Å². The predicted molar refractivity (Wildman–Crippen MR) is 80.3 cm³/mol. The molecule has 1 N–H and O–H groups in total. The molecule has 1 nitrogen and oxygen atoms in total. The van der Waals surface area contributed by atoms with Crippen molar-refractivity contribution in [3.63, 3.8) is 0 Å². The lowest BCUT2D eigenvalue weighted by molar-refractivity contribution is 1.14. The number of aryl methyl sites for hydroxylation is 2. The zero-order chi connectivity index (χ0) is 12.4. The van der Waals surface area contributed by atoms with Crippen LogP contribution in [-0.4, -0.2) is 0 Å². The van der Waals surface area contributed by atoms with E-state index in [4.69, 9.17) is 11.6 Å². The molecule has 0 aliphatic carbocycles. The molecule has 0 aliphatic heterocycles. The fourth-order valence-electron chi connectivity index (χ4n) is 1.69. The molecular weight excluding hydrogens is 318 g/mol. The Morgan fingerprint density at radius 2 is 2.12 bits per heavy atom. The van der Waals surface area contributed by atoms with Gasteiger partial charge in [0.25, 0.3) is 0 Å². The highest BCUT2D eigenvalue weighted by molar-refractivity contribution is 9.10. The van der Waals surface area contributed by atoms with Crippen molar-refractivity contribution < 1.29 is 0 Å². The van der Waals surface area contributed by atoms with E-state index in [2.05, 4.69) is 41.2 Å². The van der Waals surface area contributed by atoms with Crippen LogP contribution in [0.3, 0.4) is 0 Å². The predicted octanol–water partition coefficient (Wildman–Crippen LogP) is 5.39. The first-order valence-electron chi connectivity index (χ1n) is 5.31. The molecule has 4 heteroatoms. The van der Waals surface area contributed by atoms with Crippen LogP contribution in [0.2, 0.25) is 5.02 Å². The molecule has 1 aromatic carbocycles. The molecule has 17 heavy (non-hydrogen) atoms. The van der Waals surface area contributed by atoms with E-state index in [1.807, 2.05) is 29.5 Å². The number of nitrogens with one attached hydrogen (secondary N) is 1. The van der Waals surface area contributed by atoms with Gasteiger partial charge in [-0.05, 0) is 53.5 Å². The van der Waals surface area contributed by atoms with E-state index in [9.17, 15) is 0 Å². The van der Waals surface area contributed by atoms with Crippen molar-refractivity contribution in [3.8, 4) is 0 Å². The number of rotatable bonds is 3. The third kappa shape index (κ3) is 3.03. The lowest BCUT2D eigenvalue weighted by Gasteiger charge is -2.09. The molecule has 2 rings (SSSR count). The summed E-state index contributed by atoms with van der Waals surface area (Å²) < 4.78 is 0.922. The highest BCUT2D eigenvalue weighted by Gasteiger charge is 2.06. The van der Waals surface area contributed by atoms with E-state index < -0.39 is 0 Å². The van der Waals surface area contributed by atoms with Crippen LogP contribution in [0, 0.1) is 13.8 Å². The Balaban J connectivity index is 2.12. The maximum absolute atomic E-state index is 6.05. The topological polar surface area (TPSA) is 12.0 Å². The third-order valence-electron chi connectivity index (χ3n) is 2.56. The second kappa shape index (κ2) is 5.42. The molecule has 0 atom stereocenters. The lowest BCUT2D eigenvalue weighted by Crippen LogP contribution is -2.00. The summed E-state index contributed by atoms with van der Waals surface area (Å²) in [5.41, 5.74) is 2.38. The van der Waals surface area contributed by atoms with Crippen molar-refractivity contribution in [2.24, 2.45) is 0 Å². The van der Waals surface area contributed by atoms with Crippen LogP contribution in [-0.2, 0) is 6.54 Å². The SMILES string of the molecule is Cc1cc(CNc2cccc(Cl)c2Br)c(C)s1. The average molecular weight is 331 g/mol. The quantitative estimate of drug-likeness (QED) is 0.795. The Kier molecular flexibility index (Phi) is 4.13. The summed E-state index contributed by atoms with van der Waals surface area (Å²) in [6.45, 7) is 5.12. The van der Waals surface area contributed by atoms with Crippen molar-refractivity contribution in [1.82, 2.24) is 0 Å². The second-order valence-electron chi connectivity index (χ2n) is 3.89. The monoisotopic (exact) mass is 329 g/mol. The summed E-state index contributed by atoms with van der Waals surface area (Å²) in [7, 11) is 0. The summed E-state index contributed by atoms with van der Waals surface area (Å²) in [4.78, 5) is 2.72. The molecule has 1 aromatic heterocycles. The van der Waals surface area contributed by atoms with Crippen LogP contribution >= 0.6 is 38.9 Å². The third-order valence-corrected chi connectivity index (χ3v) is 4.97. The Bertz CT molecular complexity index is 536. The van der Waals surface area contributed by atoms with Crippen molar-refractivity contribution in [3.05, 3.63) is 49.1 Å². The van der Waals surface area contributed by atoms with Gasteiger partial charge in [0.2, 0.25) is 0 Å². The van der Waals surface area contributed by atoms with Crippen LogP contribution in [0.4, 0.5) is 5.69 Å². The van der Waals surface area contributed by atoms with Gasteiger partial charge in [-0.2, -0.15) is 0 Å². The van der Waals surface area contributed by atoms with Gasteiger partial charge >= 0.3 is 0 Å². The molecule has 0 fully saturated rings. The van der Waals surface area contributed by atoms with Gasteiger partial charge in [0.15, 0.2) is 0 Å². The van der Waals surface area contributed by atoms with Crippen molar-refractivity contribution in [2.75, 3.05) is 5.32 Å². The largest absolute Gasteiger partial charge is 0.380 e. The van der Waals surface area contributed by atoms with Gasteiger partial charge in [0.05, 0.1) is 15.2 Å². The summed E-state index contributed by atoms with van der Waals surface area (Å²) in [6, 6.07) is 8.06. The Morgan fingerprint density at radius 3 is 2.76 bits per heavy atom. The van der Waals surface area contributed by atoms with E-state index >= 15 is 0 Å². The van der Waals surface area contributed by atoms with Gasteiger partial charge in [0.1, 0.15) is 0 Å². The first kappa shape index (κ1) is 12.9. The number of halogens is 2. The van der Waals surface area contributed by atoms with Crippen LogP contribution in [0.1, 0.15) is 15.3 Å². The van der Waals surface area contributed by atoms with Gasteiger partial charge in [-0.3, -0.25) is 0 Å². The molecule has 0 unspecified atom stereocenters. The molecule has 2 aromatic rings. The minimum Gasteiger partial charge on any atom is -0.380 e. The van der Waals surface area contributed by atoms with Gasteiger partial charge in [-0.1, -0.05) is 17.7 Å². The second-order valence-corrected chi connectivity index (χ2v) is 6.55. The maximum Gasteiger partial charge on any atom is 0.0593 e. The van der Waals surface area contributed by atoms with E-state index in [1.54, 1.807) is 0 Å². The molecule has 1 heterocycles. The molecule has 0 bridgehead atoms. The van der Waals surface area contributed by atoms with Gasteiger partial charge < -0.3 is 5.32 Å². The van der Waals surface area contributed by atoms with Crippen LogP contribution in [0.15, 0.2) is 28.7 Å². The standard InChI is InChI=1S/C13H13BrClNS/c1-8-6-10(9(2)17-8)7-16-12-5-3-4-11(15)13(12)14/h3-6,16H,7H2,1-2H3. The minimum atomic E-state index is 0.730. The number of thiophene rings is 1. The number of hydrogen-bond acceptors (Lipinski definition) is 2. The molecular formula is C13H13BrClNS. The Hall–Kier alpha value is -0.510. The molecule has 0 saturated carbocycles. The molecule has 90 valence electrons.